The van der Waals surface area contributed by atoms with Gasteiger partial charge in [-0.25, -0.2) is 0 Å². The maximum atomic E-state index is 11.6. The number of carboxylic acids is 1. The Hall–Kier alpha value is -1.59. The van der Waals surface area contributed by atoms with E-state index in [-0.39, 0.29) is 31.4 Å². The maximum Gasteiger partial charge on any atom is 0.317 e. The molecule has 4 nitrogen and oxygen atoms in total. The van der Waals surface area contributed by atoms with Crippen LogP contribution in [0.5, 0.6) is 0 Å². The van der Waals surface area contributed by atoms with Crippen LogP contribution in [-0.2, 0) is 11.2 Å². The van der Waals surface area contributed by atoms with Gasteiger partial charge in [-0.3, -0.25) is 9.69 Å². The van der Waals surface area contributed by atoms with Crippen molar-refractivity contribution < 1.29 is 9.90 Å². The highest BCUT2D eigenvalue weighted by Crippen LogP contribution is 2.43. The minimum absolute atomic E-state index is 0. The summed E-state index contributed by atoms with van der Waals surface area (Å²) in [6.45, 7) is 8.98. The zero-order valence-corrected chi connectivity index (χ0v) is 24.8. The molecular formula is C32H48Cl2N2O2. The van der Waals surface area contributed by atoms with E-state index in [2.05, 4.69) is 84.3 Å². The number of aryl methyl sites for hydroxylation is 1. The van der Waals surface area contributed by atoms with E-state index in [0.717, 1.165) is 31.8 Å². The van der Waals surface area contributed by atoms with E-state index in [9.17, 15) is 9.90 Å². The Labute approximate surface area is 243 Å². The van der Waals surface area contributed by atoms with E-state index in [0.29, 0.717) is 23.8 Å². The van der Waals surface area contributed by atoms with Gasteiger partial charge < -0.3 is 10.0 Å². The van der Waals surface area contributed by atoms with Crippen LogP contribution < -0.4 is 0 Å². The number of likely N-dealkylation sites (tertiary alicyclic amines) is 1. The van der Waals surface area contributed by atoms with Gasteiger partial charge in [-0.2, -0.15) is 0 Å². The first-order valence-electron chi connectivity index (χ1n) is 14.2. The fourth-order valence-electron chi connectivity index (χ4n) is 6.72. The lowest BCUT2D eigenvalue weighted by Crippen LogP contribution is -2.41. The molecule has 1 N–H and O–H groups in total. The summed E-state index contributed by atoms with van der Waals surface area (Å²) < 4.78 is 0. The Bertz CT molecular complexity index is 920. The Kier molecular flexibility index (Phi) is 14.2. The quantitative estimate of drug-likeness (QED) is 0.297. The third-order valence-corrected chi connectivity index (χ3v) is 8.47. The number of aliphatic carboxylic acids is 1. The van der Waals surface area contributed by atoms with E-state index in [4.69, 9.17) is 0 Å². The number of carbonyl (C=O) groups is 1. The number of piperidine rings is 1. The second-order valence-corrected chi connectivity index (χ2v) is 11.7. The van der Waals surface area contributed by atoms with E-state index in [1.54, 1.807) is 0 Å². The SMILES string of the molecule is CC(C)CN(CC(=O)O)C1CC(CN2CCC(CCCc3ccccc3)CC2)C(c2ccccc2)C1.Cl.Cl. The number of benzene rings is 2. The highest BCUT2D eigenvalue weighted by Gasteiger charge is 2.39. The van der Waals surface area contributed by atoms with Crippen molar-refractivity contribution in [3.63, 3.8) is 0 Å². The van der Waals surface area contributed by atoms with Gasteiger partial charge in [0, 0.05) is 19.1 Å². The lowest BCUT2D eigenvalue weighted by atomic mass is 9.87. The van der Waals surface area contributed by atoms with Crippen LogP contribution in [0.15, 0.2) is 60.7 Å². The lowest BCUT2D eigenvalue weighted by Gasteiger charge is -2.35. The highest BCUT2D eigenvalue weighted by molar-refractivity contribution is 5.85. The van der Waals surface area contributed by atoms with Crippen LogP contribution in [0.2, 0.25) is 0 Å². The van der Waals surface area contributed by atoms with Crippen molar-refractivity contribution >= 4 is 30.8 Å². The Morgan fingerprint density at radius 2 is 1.61 bits per heavy atom. The average Bonchev–Trinajstić information content (AvgIpc) is 3.29. The largest absolute Gasteiger partial charge is 0.480 e. The minimum atomic E-state index is -0.704. The van der Waals surface area contributed by atoms with Gasteiger partial charge in [0.05, 0.1) is 6.54 Å². The molecule has 2 aromatic carbocycles. The van der Waals surface area contributed by atoms with Gasteiger partial charge in [-0.1, -0.05) is 80.9 Å². The molecule has 1 aliphatic heterocycles. The number of hydrogen-bond donors (Lipinski definition) is 1. The molecule has 6 heteroatoms. The molecule has 1 heterocycles. The van der Waals surface area contributed by atoms with Gasteiger partial charge in [0.25, 0.3) is 0 Å². The topological polar surface area (TPSA) is 43.8 Å². The Morgan fingerprint density at radius 3 is 2.21 bits per heavy atom. The molecular weight excluding hydrogens is 515 g/mol. The van der Waals surface area contributed by atoms with Gasteiger partial charge in [-0.05, 0) is 86.4 Å². The number of rotatable bonds is 12. The molecule has 0 bridgehead atoms. The molecule has 4 rings (SSSR count). The van der Waals surface area contributed by atoms with Gasteiger partial charge >= 0.3 is 5.97 Å². The standard InChI is InChI=1S/C32H46N2O2.2ClH/c1-25(2)22-34(24-32(35)36)30-20-29(31(21-30)28-14-7-4-8-15-28)23-33-18-16-27(17-19-33)13-9-12-26-10-5-3-6-11-26;;/h3-8,10-11,14-15,25,27,29-31H,9,12-13,16-24H2,1-2H3,(H,35,36);2*1H. The maximum absolute atomic E-state index is 11.6. The van der Waals surface area contributed by atoms with Crippen LogP contribution in [0.1, 0.15) is 69.4 Å². The van der Waals surface area contributed by atoms with Crippen molar-refractivity contribution in [3.8, 4) is 0 Å². The van der Waals surface area contributed by atoms with Crippen molar-refractivity contribution in [2.45, 2.75) is 70.8 Å². The molecule has 2 fully saturated rings. The molecule has 3 atom stereocenters. The summed E-state index contributed by atoms with van der Waals surface area (Å²) >= 11 is 0. The molecule has 38 heavy (non-hydrogen) atoms. The molecule has 2 aliphatic rings. The smallest absolute Gasteiger partial charge is 0.317 e. The normalized spacial score (nSPS) is 22.3. The van der Waals surface area contributed by atoms with Crippen molar-refractivity contribution in [1.82, 2.24) is 9.80 Å². The van der Waals surface area contributed by atoms with Crippen LogP contribution in [0.4, 0.5) is 0 Å². The fourth-order valence-corrected chi connectivity index (χ4v) is 6.72. The van der Waals surface area contributed by atoms with E-state index in [1.165, 1.54) is 56.3 Å². The molecule has 1 aliphatic carbocycles. The van der Waals surface area contributed by atoms with Gasteiger partial charge in [0.15, 0.2) is 0 Å². The zero-order valence-electron chi connectivity index (χ0n) is 23.2. The Morgan fingerprint density at radius 1 is 0.974 bits per heavy atom. The lowest BCUT2D eigenvalue weighted by molar-refractivity contribution is -0.139. The van der Waals surface area contributed by atoms with Crippen molar-refractivity contribution in [2.24, 2.45) is 17.8 Å². The molecule has 0 radical (unpaired) electrons. The van der Waals surface area contributed by atoms with Crippen LogP contribution in [0.3, 0.4) is 0 Å². The van der Waals surface area contributed by atoms with Crippen LogP contribution in [-0.4, -0.2) is 59.6 Å². The molecule has 1 saturated heterocycles. The predicted molar refractivity (Wildman–Crippen MR) is 163 cm³/mol. The summed E-state index contributed by atoms with van der Waals surface area (Å²) in [6, 6.07) is 22.2. The third kappa shape index (κ3) is 9.86. The summed E-state index contributed by atoms with van der Waals surface area (Å²) in [6.07, 6.45) is 8.66. The fraction of sp³-hybridized carbons (Fsp3) is 0.594. The van der Waals surface area contributed by atoms with Crippen molar-refractivity contribution in [2.75, 3.05) is 32.7 Å². The molecule has 3 unspecified atom stereocenters. The number of halogens is 2. The van der Waals surface area contributed by atoms with Gasteiger partial charge in [0.1, 0.15) is 0 Å². The summed E-state index contributed by atoms with van der Waals surface area (Å²) in [5, 5.41) is 9.57. The molecule has 0 spiro atoms. The van der Waals surface area contributed by atoms with E-state index in [1.807, 2.05) is 0 Å². The number of hydrogen-bond acceptors (Lipinski definition) is 3. The van der Waals surface area contributed by atoms with Gasteiger partial charge in [0.2, 0.25) is 0 Å². The van der Waals surface area contributed by atoms with Crippen molar-refractivity contribution in [3.05, 3.63) is 71.8 Å². The van der Waals surface area contributed by atoms with E-state index >= 15 is 0 Å². The first-order chi connectivity index (χ1) is 17.5. The average molecular weight is 564 g/mol. The van der Waals surface area contributed by atoms with Crippen LogP contribution >= 0.6 is 24.8 Å². The van der Waals surface area contributed by atoms with Crippen LogP contribution in [0, 0.1) is 17.8 Å². The second-order valence-electron chi connectivity index (χ2n) is 11.7. The molecule has 0 amide bonds. The first kappa shape index (κ1) is 32.6. The third-order valence-electron chi connectivity index (χ3n) is 8.47. The van der Waals surface area contributed by atoms with Gasteiger partial charge in [-0.15, -0.1) is 24.8 Å². The molecule has 2 aromatic rings. The zero-order chi connectivity index (χ0) is 25.3. The molecule has 212 valence electrons. The molecule has 0 aromatic heterocycles. The Balaban J connectivity index is 0.00000253. The monoisotopic (exact) mass is 562 g/mol. The first-order valence-corrected chi connectivity index (χ1v) is 14.2. The number of carboxylic acid groups (broad SMARTS) is 1. The summed E-state index contributed by atoms with van der Waals surface area (Å²) in [7, 11) is 0. The van der Waals surface area contributed by atoms with Crippen molar-refractivity contribution in [1.29, 1.82) is 0 Å². The predicted octanol–water partition coefficient (Wildman–Crippen LogP) is 7.17. The highest BCUT2D eigenvalue weighted by atomic mass is 35.5. The summed E-state index contributed by atoms with van der Waals surface area (Å²) in [5.41, 5.74) is 2.90. The minimum Gasteiger partial charge on any atom is -0.480 e. The number of nitrogens with zero attached hydrogens (tertiary/aromatic N) is 2. The summed E-state index contributed by atoms with van der Waals surface area (Å²) in [5.74, 6) is 1.74. The molecule has 1 saturated carbocycles. The second kappa shape index (κ2) is 16.5. The van der Waals surface area contributed by atoms with E-state index < -0.39 is 5.97 Å². The summed E-state index contributed by atoms with van der Waals surface area (Å²) in [4.78, 5) is 16.6. The van der Waals surface area contributed by atoms with Crippen LogP contribution in [0.25, 0.3) is 0 Å².